The highest BCUT2D eigenvalue weighted by atomic mass is 35.5. The molecule has 3 aromatic rings. The van der Waals surface area contributed by atoms with Crippen molar-refractivity contribution in [3.8, 4) is 11.3 Å². The minimum absolute atomic E-state index is 0.233. The average molecular weight is 380 g/mol. The van der Waals surface area contributed by atoms with Crippen molar-refractivity contribution in [2.45, 2.75) is 6.42 Å². The van der Waals surface area contributed by atoms with Gasteiger partial charge < -0.3 is 10.6 Å². The summed E-state index contributed by atoms with van der Waals surface area (Å²) in [6.45, 7) is 1.35. The van der Waals surface area contributed by atoms with Gasteiger partial charge in [-0.3, -0.25) is 9.88 Å². The molecule has 0 fully saturated rings. The van der Waals surface area contributed by atoms with E-state index in [2.05, 4.69) is 15.6 Å². The lowest BCUT2D eigenvalue weighted by atomic mass is 10.1. The Morgan fingerprint density at radius 1 is 1.19 bits per heavy atom. The molecule has 4 rings (SSSR count). The lowest BCUT2D eigenvalue weighted by Crippen LogP contribution is -2.36. The van der Waals surface area contributed by atoms with Gasteiger partial charge in [-0.05, 0) is 42.8 Å². The Balaban J connectivity index is 1.69. The van der Waals surface area contributed by atoms with Crippen LogP contribution in [0.3, 0.4) is 0 Å². The van der Waals surface area contributed by atoms with Crippen LogP contribution in [0.15, 0.2) is 60.9 Å². The molecule has 0 saturated carbocycles. The van der Waals surface area contributed by atoms with Gasteiger partial charge in [-0.2, -0.15) is 0 Å². The van der Waals surface area contributed by atoms with Crippen molar-refractivity contribution in [2.75, 3.05) is 28.6 Å². The molecular weight excluding hydrogens is 362 g/mol. The Morgan fingerprint density at radius 3 is 2.93 bits per heavy atom. The largest absolute Gasteiger partial charge is 0.382 e. The fraction of sp³-hybridized carbons (Fsp3) is 0.150. The highest BCUT2D eigenvalue weighted by molar-refractivity contribution is 6.30. The zero-order valence-electron chi connectivity index (χ0n) is 14.5. The fourth-order valence-electron chi connectivity index (χ4n) is 2.99. The molecule has 27 heavy (non-hydrogen) atoms. The quantitative estimate of drug-likeness (QED) is 0.679. The number of aromatic nitrogens is 2. The van der Waals surface area contributed by atoms with Gasteiger partial charge >= 0.3 is 6.03 Å². The Bertz CT molecular complexity index is 964. The minimum atomic E-state index is -0.233. The first-order chi connectivity index (χ1) is 13.2. The summed E-state index contributed by atoms with van der Waals surface area (Å²) < 4.78 is 0. The highest BCUT2D eigenvalue weighted by Crippen LogP contribution is 2.31. The minimum Gasteiger partial charge on any atom is -0.382 e. The van der Waals surface area contributed by atoms with Crippen LogP contribution in [-0.4, -0.2) is 29.1 Å². The number of benzene rings is 1. The number of anilines is 3. The maximum Gasteiger partial charge on any atom is 0.327 e. The molecular formula is C20H18ClN5O. The SMILES string of the molecule is O=C(Nc1cccnc1)N1CCCNc2ccc(-c3cccc(Cl)c3)nc21. The number of hydrogen-bond donors (Lipinski definition) is 2. The van der Waals surface area contributed by atoms with E-state index >= 15 is 0 Å². The third kappa shape index (κ3) is 3.85. The zero-order valence-corrected chi connectivity index (χ0v) is 15.3. The second kappa shape index (κ2) is 7.63. The van der Waals surface area contributed by atoms with Crippen LogP contribution in [0.2, 0.25) is 5.02 Å². The van der Waals surface area contributed by atoms with E-state index < -0.39 is 0 Å². The standard InChI is InChI=1S/C20H18ClN5O/c21-15-5-1-4-14(12-15)17-7-8-18-19(25-17)26(11-3-10-23-18)20(27)24-16-6-2-9-22-13-16/h1-2,4-9,12-13,23H,3,10-11H2,(H,24,27). The topological polar surface area (TPSA) is 70.2 Å². The van der Waals surface area contributed by atoms with Crippen molar-refractivity contribution in [3.05, 3.63) is 65.9 Å². The molecule has 0 bridgehead atoms. The third-order valence-corrected chi connectivity index (χ3v) is 4.52. The molecule has 1 aliphatic rings. The Hall–Kier alpha value is -3.12. The molecule has 0 spiro atoms. The number of carbonyl (C=O) groups is 1. The van der Waals surface area contributed by atoms with E-state index in [9.17, 15) is 4.79 Å². The molecule has 0 radical (unpaired) electrons. The maximum absolute atomic E-state index is 12.9. The van der Waals surface area contributed by atoms with Crippen LogP contribution < -0.4 is 15.5 Å². The number of hydrogen-bond acceptors (Lipinski definition) is 4. The summed E-state index contributed by atoms with van der Waals surface area (Å²) in [5, 5.41) is 6.87. The van der Waals surface area contributed by atoms with Gasteiger partial charge in [0.1, 0.15) is 0 Å². The molecule has 2 aromatic heterocycles. The van der Waals surface area contributed by atoms with E-state index in [1.165, 1.54) is 0 Å². The Labute approximate surface area is 162 Å². The summed E-state index contributed by atoms with van der Waals surface area (Å²) >= 11 is 6.11. The Kier molecular flexibility index (Phi) is 4.89. The van der Waals surface area contributed by atoms with Gasteiger partial charge in [0.05, 0.1) is 23.3 Å². The van der Waals surface area contributed by atoms with Gasteiger partial charge in [0, 0.05) is 29.9 Å². The summed E-state index contributed by atoms with van der Waals surface area (Å²) in [6.07, 6.45) is 4.10. The average Bonchev–Trinajstić information content (AvgIpc) is 2.90. The zero-order chi connectivity index (χ0) is 18.6. The van der Waals surface area contributed by atoms with Crippen LogP contribution in [0.1, 0.15) is 6.42 Å². The van der Waals surface area contributed by atoms with Gasteiger partial charge in [-0.25, -0.2) is 9.78 Å². The summed E-state index contributed by atoms with van der Waals surface area (Å²) in [4.78, 5) is 23.3. The second-order valence-corrected chi connectivity index (χ2v) is 6.62. The van der Waals surface area contributed by atoms with E-state index in [1.807, 2.05) is 36.4 Å². The van der Waals surface area contributed by atoms with Crippen molar-refractivity contribution in [1.29, 1.82) is 0 Å². The van der Waals surface area contributed by atoms with Crippen molar-refractivity contribution < 1.29 is 4.79 Å². The molecule has 2 N–H and O–H groups in total. The van der Waals surface area contributed by atoms with E-state index in [0.29, 0.717) is 23.1 Å². The number of carbonyl (C=O) groups excluding carboxylic acids is 1. The first-order valence-electron chi connectivity index (χ1n) is 8.70. The van der Waals surface area contributed by atoms with Crippen molar-refractivity contribution >= 4 is 34.8 Å². The Morgan fingerprint density at radius 2 is 2.11 bits per heavy atom. The van der Waals surface area contributed by atoms with Crippen molar-refractivity contribution in [2.24, 2.45) is 0 Å². The summed E-state index contributed by atoms with van der Waals surface area (Å²) in [7, 11) is 0. The van der Waals surface area contributed by atoms with Gasteiger partial charge in [-0.1, -0.05) is 23.7 Å². The molecule has 1 aromatic carbocycles. The number of nitrogens with one attached hydrogen (secondary N) is 2. The second-order valence-electron chi connectivity index (χ2n) is 6.18. The third-order valence-electron chi connectivity index (χ3n) is 4.28. The number of fused-ring (bicyclic) bond motifs is 1. The fourth-order valence-corrected chi connectivity index (χ4v) is 3.18. The molecule has 2 amide bonds. The molecule has 7 heteroatoms. The molecule has 0 unspecified atom stereocenters. The molecule has 6 nitrogen and oxygen atoms in total. The van der Waals surface area contributed by atoms with E-state index in [-0.39, 0.29) is 6.03 Å². The summed E-state index contributed by atoms with van der Waals surface area (Å²) in [5.74, 6) is 0.603. The van der Waals surface area contributed by atoms with Crippen LogP contribution in [-0.2, 0) is 0 Å². The van der Waals surface area contributed by atoms with Gasteiger partial charge in [0.25, 0.3) is 0 Å². The lowest BCUT2D eigenvalue weighted by molar-refractivity contribution is 0.257. The number of nitrogens with zero attached hydrogens (tertiary/aromatic N) is 3. The predicted molar refractivity (Wildman–Crippen MR) is 108 cm³/mol. The van der Waals surface area contributed by atoms with E-state index in [0.717, 1.165) is 29.9 Å². The van der Waals surface area contributed by atoms with Gasteiger partial charge in [-0.15, -0.1) is 0 Å². The smallest absolute Gasteiger partial charge is 0.327 e. The molecule has 0 saturated heterocycles. The first-order valence-corrected chi connectivity index (χ1v) is 9.08. The summed E-state index contributed by atoms with van der Waals surface area (Å²) in [6, 6.07) is 14.8. The van der Waals surface area contributed by atoms with Crippen LogP contribution in [0.5, 0.6) is 0 Å². The monoisotopic (exact) mass is 379 g/mol. The normalized spacial score (nSPS) is 13.3. The van der Waals surface area contributed by atoms with E-state index in [4.69, 9.17) is 16.6 Å². The van der Waals surface area contributed by atoms with Crippen LogP contribution in [0.25, 0.3) is 11.3 Å². The first kappa shape index (κ1) is 17.3. The van der Waals surface area contributed by atoms with Crippen LogP contribution in [0.4, 0.5) is 22.0 Å². The number of rotatable bonds is 2. The lowest BCUT2D eigenvalue weighted by Gasteiger charge is -2.22. The van der Waals surface area contributed by atoms with Crippen molar-refractivity contribution in [1.82, 2.24) is 9.97 Å². The molecule has 3 heterocycles. The molecule has 0 aliphatic carbocycles. The van der Waals surface area contributed by atoms with Crippen LogP contribution in [0, 0.1) is 0 Å². The molecule has 1 aliphatic heterocycles. The number of pyridine rings is 2. The number of halogens is 1. The number of urea groups is 1. The number of amides is 2. The summed E-state index contributed by atoms with van der Waals surface area (Å²) in [5.41, 5.74) is 3.15. The van der Waals surface area contributed by atoms with Gasteiger partial charge in [0.15, 0.2) is 5.82 Å². The molecule has 136 valence electrons. The van der Waals surface area contributed by atoms with Crippen molar-refractivity contribution in [3.63, 3.8) is 0 Å². The highest BCUT2D eigenvalue weighted by Gasteiger charge is 2.23. The van der Waals surface area contributed by atoms with Gasteiger partial charge in [0.2, 0.25) is 0 Å². The van der Waals surface area contributed by atoms with E-state index in [1.54, 1.807) is 29.4 Å². The predicted octanol–water partition coefficient (Wildman–Crippen LogP) is 4.65. The molecule has 0 atom stereocenters. The van der Waals surface area contributed by atoms with Crippen LogP contribution >= 0.6 is 11.6 Å². The maximum atomic E-state index is 12.9.